The number of aromatic amines is 1. The molecule has 3 N–H and O–H groups in total. The molecule has 1 rings (SSSR count). The fraction of sp³-hybridized carbons (Fsp3) is 0.500. The maximum absolute atomic E-state index is 11.3. The Hall–Kier alpha value is -1.36. The van der Waals surface area contributed by atoms with Crippen molar-refractivity contribution < 1.29 is 4.74 Å². The highest BCUT2D eigenvalue weighted by atomic mass is 16.5. The lowest BCUT2D eigenvalue weighted by atomic mass is 10.3. The first kappa shape index (κ1) is 9.73. The topological polar surface area (TPSA) is 81.0 Å². The van der Waals surface area contributed by atoms with Crippen LogP contribution in [0.25, 0.3) is 0 Å². The highest BCUT2D eigenvalue weighted by Crippen LogP contribution is 2.10. The lowest BCUT2D eigenvalue weighted by Crippen LogP contribution is -2.20. The van der Waals surface area contributed by atoms with Crippen LogP contribution in [0.2, 0.25) is 0 Å². The van der Waals surface area contributed by atoms with Crippen LogP contribution in [-0.2, 0) is 0 Å². The number of H-pyrrole nitrogens is 1. The molecule has 0 spiro atoms. The van der Waals surface area contributed by atoms with Crippen molar-refractivity contribution in [3.63, 3.8) is 0 Å². The minimum absolute atomic E-state index is 0.209. The predicted molar refractivity (Wildman–Crippen MR) is 48.7 cm³/mol. The van der Waals surface area contributed by atoms with Crippen molar-refractivity contribution in [1.29, 1.82) is 0 Å². The largest absolute Gasteiger partial charge is 0.481 e. The fourth-order valence-electron chi connectivity index (χ4n) is 0.943. The molecule has 0 aromatic carbocycles. The minimum atomic E-state index is -0.304. The second kappa shape index (κ2) is 3.57. The summed E-state index contributed by atoms with van der Waals surface area (Å²) in [5.41, 5.74) is 5.82. The van der Waals surface area contributed by atoms with Crippen LogP contribution in [0.4, 0.5) is 0 Å². The van der Waals surface area contributed by atoms with E-state index in [2.05, 4.69) is 9.97 Å². The number of nitrogens with one attached hydrogen (secondary N) is 1. The maximum Gasteiger partial charge on any atom is 0.257 e. The number of hydrogen-bond donors (Lipinski definition) is 2. The molecular formula is C8H13N3O2. The predicted octanol–water partition coefficient (Wildman–Crippen LogP) is 0.107. The summed E-state index contributed by atoms with van der Waals surface area (Å²) < 4.78 is 4.93. The number of methoxy groups -OCH3 is 1. The zero-order valence-electron chi connectivity index (χ0n) is 7.92. The maximum atomic E-state index is 11.3. The molecule has 1 heterocycles. The highest BCUT2D eigenvalue weighted by molar-refractivity contribution is 5.22. The molecule has 1 unspecified atom stereocenters. The Balaban J connectivity index is 3.31. The van der Waals surface area contributed by atoms with Crippen molar-refractivity contribution in [1.82, 2.24) is 9.97 Å². The first-order valence-corrected chi connectivity index (χ1v) is 3.96. The molecule has 0 aliphatic rings. The van der Waals surface area contributed by atoms with E-state index in [1.54, 1.807) is 13.8 Å². The van der Waals surface area contributed by atoms with Crippen LogP contribution in [-0.4, -0.2) is 17.1 Å². The summed E-state index contributed by atoms with van der Waals surface area (Å²) in [5.74, 6) is 0.767. The molecule has 0 amide bonds. The third-order valence-corrected chi connectivity index (χ3v) is 1.75. The standard InChI is InChI=1S/C8H13N3O2/c1-4-7(12)10-6(5(2)9)11-8(4)13-3/h5H,9H2,1-3H3,(H,10,11,12). The normalized spacial score (nSPS) is 12.6. The molecule has 5 heteroatoms. The van der Waals surface area contributed by atoms with Gasteiger partial charge >= 0.3 is 0 Å². The van der Waals surface area contributed by atoms with E-state index in [1.165, 1.54) is 7.11 Å². The van der Waals surface area contributed by atoms with Gasteiger partial charge in [0.2, 0.25) is 5.88 Å². The fourth-order valence-corrected chi connectivity index (χ4v) is 0.943. The Morgan fingerprint density at radius 3 is 2.69 bits per heavy atom. The summed E-state index contributed by atoms with van der Waals surface area (Å²) >= 11 is 0. The number of rotatable bonds is 2. The van der Waals surface area contributed by atoms with E-state index >= 15 is 0 Å². The number of aromatic nitrogens is 2. The average Bonchev–Trinajstić information content (AvgIpc) is 2.09. The lowest BCUT2D eigenvalue weighted by Gasteiger charge is -2.07. The van der Waals surface area contributed by atoms with Crippen molar-refractivity contribution in [3.8, 4) is 5.88 Å². The van der Waals surface area contributed by atoms with Gasteiger partial charge in [0.25, 0.3) is 5.56 Å². The third-order valence-electron chi connectivity index (χ3n) is 1.75. The smallest absolute Gasteiger partial charge is 0.257 e. The van der Waals surface area contributed by atoms with Gasteiger partial charge in [-0.15, -0.1) is 0 Å². The number of nitrogens with zero attached hydrogens (tertiary/aromatic N) is 1. The van der Waals surface area contributed by atoms with Crippen molar-refractivity contribution in [2.45, 2.75) is 19.9 Å². The van der Waals surface area contributed by atoms with E-state index in [4.69, 9.17) is 10.5 Å². The van der Waals surface area contributed by atoms with Gasteiger partial charge in [-0.2, -0.15) is 4.98 Å². The van der Waals surface area contributed by atoms with Crippen molar-refractivity contribution in [2.24, 2.45) is 5.73 Å². The van der Waals surface area contributed by atoms with Gasteiger partial charge in [-0.1, -0.05) is 0 Å². The van der Waals surface area contributed by atoms with Crippen LogP contribution in [0.15, 0.2) is 4.79 Å². The van der Waals surface area contributed by atoms with Crippen molar-refractivity contribution >= 4 is 0 Å². The zero-order chi connectivity index (χ0) is 10.0. The van der Waals surface area contributed by atoms with Crippen LogP contribution in [0, 0.1) is 6.92 Å². The van der Waals surface area contributed by atoms with Gasteiger partial charge in [0.15, 0.2) is 0 Å². The molecule has 1 atom stereocenters. The molecule has 0 aliphatic heterocycles. The first-order chi connectivity index (χ1) is 6.06. The summed E-state index contributed by atoms with van der Waals surface area (Å²) in [6.07, 6.45) is 0. The van der Waals surface area contributed by atoms with Crippen LogP contribution in [0.1, 0.15) is 24.4 Å². The van der Waals surface area contributed by atoms with Gasteiger partial charge in [-0.3, -0.25) is 4.79 Å². The van der Waals surface area contributed by atoms with E-state index in [0.29, 0.717) is 17.3 Å². The molecule has 1 aromatic rings. The third kappa shape index (κ3) is 1.86. The Morgan fingerprint density at radius 1 is 1.62 bits per heavy atom. The Kier molecular flexibility index (Phi) is 2.67. The summed E-state index contributed by atoms with van der Waals surface area (Å²) in [4.78, 5) is 17.9. The van der Waals surface area contributed by atoms with E-state index in [9.17, 15) is 4.79 Å². The van der Waals surface area contributed by atoms with E-state index in [-0.39, 0.29) is 11.6 Å². The van der Waals surface area contributed by atoms with Gasteiger partial charge in [0, 0.05) is 0 Å². The molecule has 72 valence electrons. The van der Waals surface area contributed by atoms with Crippen molar-refractivity contribution in [2.75, 3.05) is 7.11 Å². The van der Waals surface area contributed by atoms with E-state index in [1.807, 2.05) is 0 Å². The second-order valence-electron chi connectivity index (χ2n) is 2.87. The summed E-state index contributed by atoms with van der Waals surface area (Å²) in [7, 11) is 1.47. The molecule has 0 saturated heterocycles. The monoisotopic (exact) mass is 183 g/mol. The molecule has 0 bridgehead atoms. The molecule has 0 aliphatic carbocycles. The minimum Gasteiger partial charge on any atom is -0.481 e. The molecule has 13 heavy (non-hydrogen) atoms. The van der Waals surface area contributed by atoms with Gasteiger partial charge in [0.05, 0.1) is 18.7 Å². The second-order valence-corrected chi connectivity index (χ2v) is 2.87. The molecule has 1 aromatic heterocycles. The molecule has 0 saturated carbocycles. The Bertz CT molecular complexity index is 357. The quantitative estimate of drug-likeness (QED) is 0.681. The van der Waals surface area contributed by atoms with Crippen LogP contribution < -0.4 is 16.0 Å². The number of hydrogen-bond acceptors (Lipinski definition) is 4. The molecule has 0 radical (unpaired) electrons. The highest BCUT2D eigenvalue weighted by Gasteiger charge is 2.09. The SMILES string of the molecule is COc1nc(C(C)N)[nH]c(=O)c1C. The average molecular weight is 183 g/mol. The number of ether oxygens (including phenoxy) is 1. The Morgan fingerprint density at radius 2 is 2.23 bits per heavy atom. The lowest BCUT2D eigenvalue weighted by molar-refractivity contribution is 0.389. The van der Waals surface area contributed by atoms with Crippen LogP contribution in [0.3, 0.4) is 0 Å². The van der Waals surface area contributed by atoms with Crippen LogP contribution in [0.5, 0.6) is 5.88 Å². The molecule has 0 fully saturated rings. The van der Waals surface area contributed by atoms with Gasteiger partial charge < -0.3 is 15.5 Å². The summed E-state index contributed by atoms with van der Waals surface area (Å²) in [6, 6.07) is -0.304. The number of nitrogens with two attached hydrogens (primary N) is 1. The molecule has 5 nitrogen and oxygen atoms in total. The molecular weight excluding hydrogens is 170 g/mol. The van der Waals surface area contributed by atoms with Gasteiger partial charge in [0.1, 0.15) is 5.82 Å². The van der Waals surface area contributed by atoms with E-state index in [0.717, 1.165) is 0 Å². The van der Waals surface area contributed by atoms with Gasteiger partial charge in [-0.25, -0.2) is 0 Å². The summed E-state index contributed by atoms with van der Waals surface area (Å²) in [5, 5.41) is 0. The first-order valence-electron chi connectivity index (χ1n) is 3.96. The Labute approximate surface area is 75.9 Å². The van der Waals surface area contributed by atoms with E-state index < -0.39 is 0 Å². The van der Waals surface area contributed by atoms with Crippen molar-refractivity contribution in [3.05, 3.63) is 21.7 Å². The van der Waals surface area contributed by atoms with Gasteiger partial charge in [-0.05, 0) is 13.8 Å². The van der Waals surface area contributed by atoms with Crippen LogP contribution >= 0.6 is 0 Å². The zero-order valence-corrected chi connectivity index (χ0v) is 7.92. The summed E-state index contributed by atoms with van der Waals surface area (Å²) in [6.45, 7) is 3.39.